The molecular formula is C8H17NO. The summed E-state index contributed by atoms with van der Waals surface area (Å²) in [4.78, 5) is 0. The summed E-state index contributed by atoms with van der Waals surface area (Å²) in [5, 5.41) is 12.2. The van der Waals surface area contributed by atoms with Crippen molar-refractivity contribution < 1.29 is 5.11 Å². The predicted octanol–water partition coefficient (Wildman–Crippen LogP) is 0.470. The molecule has 1 atom stereocenters. The van der Waals surface area contributed by atoms with E-state index < -0.39 is 0 Å². The smallest absolute Gasteiger partial charge is 0.0465 e. The van der Waals surface area contributed by atoms with Gasteiger partial charge in [-0.25, -0.2) is 0 Å². The third-order valence-corrected chi connectivity index (χ3v) is 2.49. The maximum atomic E-state index is 9.00. The average Bonchev–Trinajstić information content (AvgIpc) is 1.76. The second-order valence-corrected chi connectivity index (χ2v) is 3.51. The van der Waals surface area contributed by atoms with Gasteiger partial charge in [0.05, 0.1) is 0 Å². The second-order valence-electron chi connectivity index (χ2n) is 3.51. The maximum absolute atomic E-state index is 9.00. The number of hydrogen-bond donors (Lipinski definition) is 2. The molecular weight excluding hydrogens is 126 g/mol. The Hall–Kier alpha value is -0.0800. The molecule has 1 fully saturated rings. The molecule has 1 saturated heterocycles. The Morgan fingerprint density at radius 3 is 2.20 bits per heavy atom. The quantitative estimate of drug-likeness (QED) is 0.602. The molecule has 2 nitrogen and oxygen atoms in total. The molecule has 1 unspecified atom stereocenters. The van der Waals surface area contributed by atoms with Crippen LogP contribution in [0.4, 0.5) is 0 Å². The number of nitrogens with one attached hydrogen (secondary N) is 1. The van der Waals surface area contributed by atoms with Crippen LogP contribution in [0.1, 0.15) is 13.8 Å². The van der Waals surface area contributed by atoms with Crippen molar-refractivity contribution in [1.29, 1.82) is 0 Å². The molecule has 0 aromatic carbocycles. The fourth-order valence-corrected chi connectivity index (χ4v) is 1.52. The maximum Gasteiger partial charge on any atom is 0.0465 e. The van der Waals surface area contributed by atoms with Crippen molar-refractivity contribution in [1.82, 2.24) is 5.32 Å². The Bertz CT molecular complexity index is 99.4. The Balaban J connectivity index is 2.31. The molecule has 0 spiro atoms. The molecule has 0 aliphatic carbocycles. The molecule has 1 aliphatic heterocycles. The van der Waals surface area contributed by atoms with Crippen LogP contribution in [0.15, 0.2) is 0 Å². The zero-order valence-electron chi connectivity index (χ0n) is 6.80. The van der Waals surface area contributed by atoms with Gasteiger partial charge < -0.3 is 10.4 Å². The first-order valence-corrected chi connectivity index (χ1v) is 4.07. The largest absolute Gasteiger partial charge is 0.396 e. The van der Waals surface area contributed by atoms with Crippen LogP contribution in [-0.2, 0) is 0 Å². The van der Waals surface area contributed by atoms with Crippen molar-refractivity contribution in [3.05, 3.63) is 0 Å². The van der Waals surface area contributed by atoms with E-state index in [-0.39, 0.29) is 0 Å². The second kappa shape index (κ2) is 3.35. The Morgan fingerprint density at radius 1 is 1.50 bits per heavy atom. The summed E-state index contributed by atoms with van der Waals surface area (Å²) in [6.45, 7) is 6.91. The van der Waals surface area contributed by atoms with Crippen molar-refractivity contribution in [2.45, 2.75) is 13.8 Å². The van der Waals surface area contributed by atoms with Crippen LogP contribution in [0.25, 0.3) is 0 Å². The average molecular weight is 143 g/mol. The van der Waals surface area contributed by atoms with Gasteiger partial charge >= 0.3 is 0 Å². The lowest BCUT2D eigenvalue weighted by Gasteiger charge is -2.35. The van der Waals surface area contributed by atoms with Crippen molar-refractivity contribution in [2.24, 2.45) is 17.8 Å². The molecule has 1 heterocycles. The van der Waals surface area contributed by atoms with Crippen molar-refractivity contribution >= 4 is 0 Å². The van der Waals surface area contributed by atoms with Crippen LogP contribution >= 0.6 is 0 Å². The van der Waals surface area contributed by atoms with Gasteiger partial charge in [0, 0.05) is 6.61 Å². The minimum Gasteiger partial charge on any atom is -0.396 e. The minimum absolute atomic E-state index is 0.351. The third kappa shape index (κ3) is 1.50. The van der Waals surface area contributed by atoms with Crippen molar-refractivity contribution in [3.63, 3.8) is 0 Å². The summed E-state index contributed by atoms with van der Waals surface area (Å²) < 4.78 is 0. The van der Waals surface area contributed by atoms with Gasteiger partial charge in [-0.3, -0.25) is 0 Å². The molecule has 0 bridgehead atoms. The molecule has 1 rings (SSSR count). The van der Waals surface area contributed by atoms with E-state index in [1.165, 1.54) is 0 Å². The summed E-state index contributed by atoms with van der Waals surface area (Å²) >= 11 is 0. The van der Waals surface area contributed by atoms with Gasteiger partial charge in [0.2, 0.25) is 0 Å². The summed E-state index contributed by atoms with van der Waals surface area (Å²) in [6, 6.07) is 0. The number of aliphatic hydroxyl groups excluding tert-OH is 1. The highest BCUT2D eigenvalue weighted by atomic mass is 16.3. The highest BCUT2D eigenvalue weighted by Gasteiger charge is 2.28. The zero-order valence-corrected chi connectivity index (χ0v) is 6.80. The van der Waals surface area contributed by atoms with E-state index in [2.05, 4.69) is 19.2 Å². The minimum atomic E-state index is 0.351. The predicted molar refractivity (Wildman–Crippen MR) is 41.8 cm³/mol. The van der Waals surface area contributed by atoms with Crippen LogP contribution in [-0.4, -0.2) is 24.8 Å². The first-order chi connectivity index (χ1) is 4.75. The van der Waals surface area contributed by atoms with Crippen LogP contribution in [0.5, 0.6) is 0 Å². The van der Waals surface area contributed by atoms with E-state index in [9.17, 15) is 0 Å². The van der Waals surface area contributed by atoms with Gasteiger partial charge in [-0.1, -0.05) is 13.8 Å². The van der Waals surface area contributed by atoms with Gasteiger partial charge in [-0.05, 0) is 30.8 Å². The van der Waals surface area contributed by atoms with Crippen LogP contribution in [0.3, 0.4) is 0 Å². The molecule has 0 aromatic rings. The standard InChI is InChI=1S/C8H17NO/c1-6(2)8(5-10)7-3-9-4-7/h6-10H,3-5H2,1-2H3. The highest BCUT2D eigenvalue weighted by Crippen LogP contribution is 2.23. The number of aliphatic hydroxyl groups is 1. The van der Waals surface area contributed by atoms with Gasteiger partial charge in [0.1, 0.15) is 0 Å². The zero-order chi connectivity index (χ0) is 7.56. The van der Waals surface area contributed by atoms with Crippen LogP contribution < -0.4 is 5.32 Å². The third-order valence-electron chi connectivity index (χ3n) is 2.49. The molecule has 0 saturated carbocycles. The molecule has 1 aliphatic rings. The topological polar surface area (TPSA) is 32.3 Å². The number of rotatable bonds is 3. The highest BCUT2D eigenvalue weighted by molar-refractivity contribution is 4.82. The summed E-state index contributed by atoms with van der Waals surface area (Å²) in [6.07, 6.45) is 0. The van der Waals surface area contributed by atoms with E-state index in [4.69, 9.17) is 5.11 Å². The van der Waals surface area contributed by atoms with Gasteiger partial charge in [0.25, 0.3) is 0 Å². The summed E-state index contributed by atoms with van der Waals surface area (Å²) in [5.74, 6) is 1.86. The molecule has 0 aromatic heterocycles. The van der Waals surface area contributed by atoms with Crippen LogP contribution in [0.2, 0.25) is 0 Å². The lowest BCUT2D eigenvalue weighted by Crippen LogP contribution is -2.48. The Labute approximate surface area is 62.6 Å². The summed E-state index contributed by atoms with van der Waals surface area (Å²) in [5.41, 5.74) is 0. The van der Waals surface area contributed by atoms with Crippen molar-refractivity contribution in [3.8, 4) is 0 Å². The monoisotopic (exact) mass is 143 g/mol. The first kappa shape index (κ1) is 8.02. The SMILES string of the molecule is CC(C)C(CO)C1CNC1. The lowest BCUT2D eigenvalue weighted by atomic mass is 9.80. The lowest BCUT2D eigenvalue weighted by molar-refractivity contribution is 0.103. The first-order valence-electron chi connectivity index (χ1n) is 4.07. The molecule has 0 radical (unpaired) electrons. The van der Waals surface area contributed by atoms with Crippen molar-refractivity contribution in [2.75, 3.05) is 19.7 Å². The van der Waals surface area contributed by atoms with Gasteiger partial charge in [-0.15, -0.1) is 0 Å². The van der Waals surface area contributed by atoms with E-state index >= 15 is 0 Å². The fraction of sp³-hybridized carbons (Fsp3) is 1.00. The van der Waals surface area contributed by atoms with E-state index in [0.717, 1.165) is 19.0 Å². The van der Waals surface area contributed by atoms with Crippen LogP contribution in [0, 0.1) is 17.8 Å². The van der Waals surface area contributed by atoms with Gasteiger partial charge in [0.15, 0.2) is 0 Å². The van der Waals surface area contributed by atoms with Gasteiger partial charge in [-0.2, -0.15) is 0 Å². The molecule has 10 heavy (non-hydrogen) atoms. The molecule has 2 heteroatoms. The number of hydrogen-bond acceptors (Lipinski definition) is 2. The fourth-order valence-electron chi connectivity index (χ4n) is 1.52. The Morgan fingerprint density at radius 2 is 2.10 bits per heavy atom. The van der Waals surface area contributed by atoms with E-state index in [1.54, 1.807) is 0 Å². The molecule has 0 amide bonds. The Kier molecular flexibility index (Phi) is 2.69. The molecule has 2 N–H and O–H groups in total. The van der Waals surface area contributed by atoms with E-state index in [0.29, 0.717) is 18.4 Å². The molecule has 60 valence electrons. The van der Waals surface area contributed by atoms with E-state index in [1.807, 2.05) is 0 Å². The summed E-state index contributed by atoms with van der Waals surface area (Å²) in [7, 11) is 0. The normalized spacial score (nSPS) is 22.8.